The molecule has 2 heterocycles. The zero-order valence-corrected chi connectivity index (χ0v) is 18.6. The normalized spacial score (nSPS) is 10.9. The fraction of sp³-hybridized carbons (Fsp3) is 0.200. The van der Waals surface area contributed by atoms with Crippen molar-refractivity contribution >= 4 is 34.7 Å². The van der Waals surface area contributed by atoms with E-state index in [-0.39, 0.29) is 5.91 Å². The molecule has 0 aliphatic rings. The maximum atomic E-state index is 13.0. The molecule has 0 atom stereocenters. The first-order valence-electron chi connectivity index (χ1n) is 10.5. The molecule has 31 heavy (non-hydrogen) atoms. The number of fused-ring (bicyclic) bond motifs is 1. The molecule has 1 amide bonds. The van der Waals surface area contributed by atoms with Crippen molar-refractivity contribution in [2.24, 2.45) is 0 Å². The Morgan fingerprint density at radius 3 is 2.48 bits per heavy atom. The van der Waals surface area contributed by atoms with Gasteiger partial charge < -0.3 is 14.6 Å². The third-order valence-electron chi connectivity index (χ3n) is 5.17. The van der Waals surface area contributed by atoms with Crippen molar-refractivity contribution in [1.82, 2.24) is 9.38 Å². The van der Waals surface area contributed by atoms with E-state index in [1.807, 2.05) is 83.5 Å². The summed E-state index contributed by atoms with van der Waals surface area (Å²) in [4.78, 5) is 20.8. The number of benzene rings is 2. The summed E-state index contributed by atoms with van der Waals surface area (Å²) < 4.78 is 2.01. The smallest absolute Gasteiger partial charge is 0.256 e. The first-order chi connectivity index (χ1) is 15.2. The quantitative estimate of drug-likeness (QED) is 0.363. The summed E-state index contributed by atoms with van der Waals surface area (Å²) >= 11 is 1.62. The predicted molar refractivity (Wildman–Crippen MR) is 129 cm³/mol. The Balaban J connectivity index is 1.45. The highest BCUT2D eigenvalue weighted by Crippen LogP contribution is 2.27. The zero-order chi connectivity index (χ0) is 21.6. The number of imidazole rings is 1. The molecule has 2 aromatic heterocycles. The van der Waals surface area contributed by atoms with Crippen molar-refractivity contribution in [2.75, 3.05) is 23.3 Å². The first-order valence-corrected chi connectivity index (χ1v) is 11.5. The predicted octanol–water partition coefficient (Wildman–Crippen LogP) is 5.73. The largest absolute Gasteiger partial charge is 0.372 e. The number of nitrogens with one attached hydrogen (secondary N) is 1. The monoisotopic (exact) mass is 430 g/mol. The number of pyridine rings is 1. The number of thioether (sulfide) groups is 1. The standard InChI is InChI=1S/C25H26N4OS/c1-3-28(4-2)21-14-12-19(13-15-21)27-25(30)22-9-5-6-10-23(22)31-18-20-17-29-16-8-7-11-24(29)26-20/h5-17H,3-4,18H2,1-2H3,(H,27,30). The molecule has 1 N–H and O–H groups in total. The summed E-state index contributed by atoms with van der Waals surface area (Å²) in [6.07, 6.45) is 4.02. The van der Waals surface area contributed by atoms with Gasteiger partial charge in [-0.3, -0.25) is 4.79 Å². The van der Waals surface area contributed by atoms with Gasteiger partial charge in [0.05, 0.1) is 11.3 Å². The third-order valence-corrected chi connectivity index (χ3v) is 6.28. The third kappa shape index (κ3) is 4.91. The van der Waals surface area contributed by atoms with E-state index >= 15 is 0 Å². The van der Waals surface area contributed by atoms with Gasteiger partial charge in [0.2, 0.25) is 0 Å². The van der Waals surface area contributed by atoms with Crippen LogP contribution in [0.25, 0.3) is 5.65 Å². The van der Waals surface area contributed by atoms with Crippen molar-refractivity contribution in [3.63, 3.8) is 0 Å². The van der Waals surface area contributed by atoms with E-state index in [0.29, 0.717) is 11.3 Å². The summed E-state index contributed by atoms with van der Waals surface area (Å²) in [6, 6.07) is 21.7. The van der Waals surface area contributed by atoms with Gasteiger partial charge >= 0.3 is 0 Å². The fourth-order valence-electron chi connectivity index (χ4n) is 3.53. The van der Waals surface area contributed by atoms with Gasteiger partial charge in [0.15, 0.2) is 0 Å². The Labute approximate surface area is 187 Å². The molecule has 4 aromatic rings. The summed E-state index contributed by atoms with van der Waals surface area (Å²) in [5.41, 5.74) is 4.53. The molecule has 0 aliphatic carbocycles. The molecule has 0 radical (unpaired) electrons. The van der Waals surface area contributed by atoms with E-state index in [0.717, 1.165) is 40.7 Å². The number of hydrogen-bond acceptors (Lipinski definition) is 4. The number of carbonyl (C=O) groups is 1. The Kier molecular flexibility index (Phi) is 6.57. The van der Waals surface area contributed by atoms with Crippen LogP contribution >= 0.6 is 11.8 Å². The van der Waals surface area contributed by atoms with Crippen molar-refractivity contribution in [2.45, 2.75) is 24.5 Å². The Bertz CT molecular complexity index is 1130. The van der Waals surface area contributed by atoms with E-state index in [1.165, 1.54) is 0 Å². The van der Waals surface area contributed by atoms with Gasteiger partial charge in [0.1, 0.15) is 5.65 Å². The average Bonchev–Trinajstić information content (AvgIpc) is 3.23. The summed E-state index contributed by atoms with van der Waals surface area (Å²) in [5.74, 6) is 0.596. The number of anilines is 2. The minimum Gasteiger partial charge on any atom is -0.372 e. The second-order valence-electron chi connectivity index (χ2n) is 7.16. The molecule has 158 valence electrons. The van der Waals surface area contributed by atoms with Crippen LogP contribution in [0.3, 0.4) is 0 Å². The number of aromatic nitrogens is 2. The molecule has 0 fully saturated rings. The Hall–Kier alpha value is -3.25. The topological polar surface area (TPSA) is 49.6 Å². The lowest BCUT2D eigenvalue weighted by Crippen LogP contribution is -2.21. The molecule has 0 saturated heterocycles. The van der Waals surface area contributed by atoms with Crippen molar-refractivity contribution < 1.29 is 4.79 Å². The molecule has 0 aliphatic heterocycles. The van der Waals surface area contributed by atoms with Gasteiger partial charge in [-0.05, 0) is 62.4 Å². The molecular weight excluding hydrogens is 404 g/mol. The first kappa shape index (κ1) is 21.0. The van der Waals surface area contributed by atoms with Crippen LogP contribution in [0, 0.1) is 0 Å². The highest BCUT2D eigenvalue weighted by atomic mass is 32.2. The van der Waals surface area contributed by atoms with E-state index in [9.17, 15) is 4.79 Å². The summed E-state index contributed by atoms with van der Waals surface area (Å²) in [7, 11) is 0. The van der Waals surface area contributed by atoms with E-state index in [2.05, 4.69) is 29.0 Å². The number of rotatable bonds is 8. The van der Waals surface area contributed by atoms with Crippen molar-refractivity contribution in [1.29, 1.82) is 0 Å². The highest BCUT2D eigenvalue weighted by Gasteiger charge is 2.13. The lowest BCUT2D eigenvalue weighted by Gasteiger charge is -2.21. The van der Waals surface area contributed by atoms with Crippen LogP contribution in [0.1, 0.15) is 29.9 Å². The van der Waals surface area contributed by atoms with Gasteiger partial charge in [0.25, 0.3) is 5.91 Å². The van der Waals surface area contributed by atoms with Crippen LogP contribution in [-0.2, 0) is 5.75 Å². The van der Waals surface area contributed by atoms with Gasteiger partial charge in [-0.25, -0.2) is 4.98 Å². The second-order valence-corrected chi connectivity index (χ2v) is 8.17. The van der Waals surface area contributed by atoms with Crippen molar-refractivity contribution in [3.8, 4) is 0 Å². The molecule has 0 bridgehead atoms. The van der Waals surface area contributed by atoms with Crippen molar-refractivity contribution in [3.05, 3.63) is 90.4 Å². The Morgan fingerprint density at radius 1 is 1.00 bits per heavy atom. The van der Waals surface area contributed by atoms with Crippen LogP contribution < -0.4 is 10.2 Å². The molecule has 5 nitrogen and oxygen atoms in total. The molecule has 0 saturated carbocycles. The van der Waals surface area contributed by atoms with Crippen LogP contribution in [0.15, 0.2) is 84.0 Å². The van der Waals surface area contributed by atoms with Gasteiger partial charge in [-0.15, -0.1) is 11.8 Å². The second kappa shape index (κ2) is 9.71. The van der Waals surface area contributed by atoms with Crippen LogP contribution in [0.5, 0.6) is 0 Å². The maximum absolute atomic E-state index is 13.0. The van der Waals surface area contributed by atoms with Gasteiger partial charge in [-0.1, -0.05) is 18.2 Å². The van der Waals surface area contributed by atoms with E-state index in [1.54, 1.807) is 11.8 Å². The number of nitrogens with zero attached hydrogens (tertiary/aromatic N) is 3. The van der Waals surface area contributed by atoms with Crippen LogP contribution in [0.4, 0.5) is 11.4 Å². The molecule has 4 rings (SSSR count). The minimum atomic E-state index is -0.103. The molecule has 0 spiro atoms. The molecule has 0 unspecified atom stereocenters. The van der Waals surface area contributed by atoms with E-state index < -0.39 is 0 Å². The fourth-order valence-corrected chi connectivity index (χ4v) is 4.46. The van der Waals surface area contributed by atoms with Crippen LogP contribution in [-0.4, -0.2) is 28.4 Å². The maximum Gasteiger partial charge on any atom is 0.256 e. The van der Waals surface area contributed by atoms with Crippen LogP contribution in [0.2, 0.25) is 0 Å². The summed E-state index contributed by atoms with van der Waals surface area (Å²) in [6.45, 7) is 6.19. The zero-order valence-electron chi connectivity index (χ0n) is 17.8. The minimum absolute atomic E-state index is 0.103. The number of hydrogen-bond donors (Lipinski definition) is 1. The lowest BCUT2D eigenvalue weighted by atomic mass is 10.2. The summed E-state index contributed by atoms with van der Waals surface area (Å²) in [5, 5.41) is 3.03. The SMILES string of the molecule is CCN(CC)c1ccc(NC(=O)c2ccccc2SCc2cn3ccccc3n2)cc1. The average molecular weight is 431 g/mol. The number of carbonyl (C=O) groups excluding carboxylic acids is 1. The lowest BCUT2D eigenvalue weighted by molar-refractivity contribution is 0.102. The molecule has 6 heteroatoms. The molecule has 2 aromatic carbocycles. The highest BCUT2D eigenvalue weighted by molar-refractivity contribution is 7.98. The Morgan fingerprint density at radius 2 is 1.74 bits per heavy atom. The van der Waals surface area contributed by atoms with Gasteiger partial charge in [-0.2, -0.15) is 0 Å². The number of amides is 1. The van der Waals surface area contributed by atoms with Gasteiger partial charge in [0, 0.05) is 47.5 Å². The van der Waals surface area contributed by atoms with E-state index in [4.69, 9.17) is 0 Å². The molecular formula is C25H26N4OS.